The fourth-order valence-electron chi connectivity index (χ4n) is 0.753. The van der Waals surface area contributed by atoms with E-state index in [4.69, 9.17) is 11.6 Å². The molecule has 0 amide bonds. The van der Waals surface area contributed by atoms with Crippen LogP contribution in [0.5, 0.6) is 0 Å². The summed E-state index contributed by atoms with van der Waals surface area (Å²) in [4.78, 5) is 0. The molecular formula is C9H18ClO. The van der Waals surface area contributed by atoms with Crippen molar-refractivity contribution in [1.29, 1.82) is 0 Å². The van der Waals surface area contributed by atoms with Gasteiger partial charge in [0.05, 0.1) is 6.10 Å². The maximum atomic E-state index is 11.4. The molecule has 0 saturated carbocycles. The predicted octanol–water partition coefficient (Wildman–Crippen LogP) is 3.24. The highest BCUT2D eigenvalue weighted by molar-refractivity contribution is 6.20. The minimum Gasteiger partial charge on any atom is -0.232 e. The first kappa shape index (κ1) is 11.2. The quantitative estimate of drug-likeness (QED) is 0.590. The van der Waals surface area contributed by atoms with Crippen LogP contribution < -0.4 is 0 Å². The Hall–Kier alpha value is 0.250. The van der Waals surface area contributed by atoms with E-state index in [9.17, 15) is 5.11 Å². The average molecular weight is 178 g/mol. The van der Waals surface area contributed by atoms with Gasteiger partial charge in [-0.2, -0.15) is 0 Å². The lowest BCUT2D eigenvalue weighted by Gasteiger charge is -2.25. The van der Waals surface area contributed by atoms with Gasteiger partial charge in [0.1, 0.15) is 0 Å². The Kier molecular flexibility index (Phi) is 4.42. The smallest absolute Gasteiger partial charge is 0.0992 e. The molecule has 1 radical (unpaired) electrons. The zero-order valence-corrected chi connectivity index (χ0v) is 8.61. The van der Waals surface area contributed by atoms with Crippen molar-refractivity contribution in [3.05, 3.63) is 0 Å². The topological polar surface area (TPSA) is 19.9 Å². The Balaban J connectivity index is 3.77. The second-order valence-electron chi connectivity index (χ2n) is 4.10. The predicted molar refractivity (Wildman–Crippen MR) is 48.5 cm³/mol. The van der Waals surface area contributed by atoms with E-state index in [1.807, 2.05) is 27.7 Å². The summed E-state index contributed by atoms with van der Waals surface area (Å²) in [6.45, 7) is 7.89. The minimum atomic E-state index is -0.537. The summed E-state index contributed by atoms with van der Waals surface area (Å²) < 4.78 is 0. The highest BCUT2D eigenvalue weighted by Crippen LogP contribution is 2.25. The van der Waals surface area contributed by atoms with Crippen molar-refractivity contribution in [3.8, 4) is 0 Å². The van der Waals surface area contributed by atoms with Gasteiger partial charge in [0, 0.05) is 5.38 Å². The third-order valence-electron chi connectivity index (χ3n) is 1.88. The molecule has 11 heavy (non-hydrogen) atoms. The summed E-state index contributed by atoms with van der Waals surface area (Å²) in [5, 5.41) is 11.5. The van der Waals surface area contributed by atoms with E-state index in [1.165, 1.54) is 0 Å². The molecule has 2 unspecified atom stereocenters. The summed E-state index contributed by atoms with van der Waals surface area (Å²) >= 11 is 5.87. The van der Waals surface area contributed by atoms with Gasteiger partial charge in [-0.3, -0.25) is 0 Å². The number of hydrogen-bond acceptors (Lipinski definition) is 0. The van der Waals surface area contributed by atoms with Crippen molar-refractivity contribution >= 4 is 11.6 Å². The summed E-state index contributed by atoms with van der Waals surface area (Å²) in [6, 6.07) is 0. The molecule has 0 rings (SSSR count). The molecule has 0 saturated heterocycles. The van der Waals surface area contributed by atoms with E-state index < -0.39 is 6.10 Å². The van der Waals surface area contributed by atoms with Crippen LogP contribution in [0.15, 0.2) is 0 Å². The second-order valence-corrected chi connectivity index (χ2v) is 4.71. The van der Waals surface area contributed by atoms with Crippen LogP contribution in [0.3, 0.4) is 0 Å². The van der Waals surface area contributed by atoms with E-state index in [0.717, 1.165) is 6.42 Å². The van der Waals surface area contributed by atoms with Gasteiger partial charge in [0.15, 0.2) is 0 Å². The standard InChI is InChI=1S/C9H18ClO/c1-5-7(10)6-8(11)9(2,3)4/h7-8H,5-6H2,1-4H3. The van der Waals surface area contributed by atoms with Crippen LogP contribution in [0.4, 0.5) is 0 Å². The number of alkyl halides is 1. The molecule has 0 aromatic heterocycles. The molecule has 0 aliphatic rings. The van der Waals surface area contributed by atoms with Crippen LogP contribution in [-0.4, -0.2) is 11.5 Å². The first-order valence-electron chi connectivity index (χ1n) is 4.17. The van der Waals surface area contributed by atoms with Crippen molar-refractivity contribution < 1.29 is 5.11 Å². The number of hydrogen-bond donors (Lipinski definition) is 0. The van der Waals surface area contributed by atoms with Gasteiger partial charge in [0.25, 0.3) is 0 Å². The highest BCUT2D eigenvalue weighted by Gasteiger charge is 2.25. The molecule has 0 aromatic carbocycles. The van der Waals surface area contributed by atoms with Crippen LogP contribution in [0, 0.1) is 5.41 Å². The maximum absolute atomic E-state index is 11.4. The van der Waals surface area contributed by atoms with Crippen molar-refractivity contribution in [2.24, 2.45) is 5.41 Å². The molecule has 0 spiro atoms. The van der Waals surface area contributed by atoms with Gasteiger partial charge >= 0.3 is 0 Å². The third kappa shape index (κ3) is 4.65. The normalized spacial score (nSPS) is 18.0. The lowest BCUT2D eigenvalue weighted by Crippen LogP contribution is -2.27. The van der Waals surface area contributed by atoms with Crippen molar-refractivity contribution in [1.82, 2.24) is 0 Å². The Morgan fingerprint density at radius 1 is 1.36 bits per heavy atom. The molecule has 0 aliphatic carbocycles. The molecule has 0 aliphatic heterocycles. The highest BCUT2D eigenvalue weighted by atomic mass is 35.5. The van der Waals surface area contributed by atoms with Crippen molar-refractivity contribution in [3.63, 3.8) is 0 Å². The van der Waals surface area contributed by atoms with Gasteiger partial charge in [0.2, 0.25) is 0 Å². The summed E-state index contributed by atoms with van der Waals surface area (Å²) in [6.07, 6.45) is 0.933. The second kappa shape index (κ2) is 4.32. The van der Waals surface area contributed by atoms with Crippen LogP contribution >= 0.6 is 11.6 Å². The number of halogens is 1. The molecule has 67 valence electrons. The summed E-state index contributed by atoms with van der Waals surface area (Å²) in [7, 11) is 0. The molecule has 0 fully saturated rings. The molecule has 0 N–H and O–H groups in total. The van der Waals surface area contributed by atoms with Crippen molar-refractivity contribution in [2.45, 2.75) is 52.0 Å². The third-order valence-corrected chi connectivity index (χ3v) is 2.37. The van der Waals surface area contributed by atoms with Gasteiger partial charge in [-0.1, -0.05) is 27.7 Å². The first-order valence-corrected chi connectivity index (χ1v) is 4.61. The van der Waals surface area contributed by atoms with E-state index in [2.05, 4.69) is 0 Å². The van der Waals surface area contributed by atoms with E-state index >= 15 is 0 Å². The van der Waals surface area contributed by atoms with Crippen molar-refractivity contribution in [2.75, 3.05) is 0 Å². The average Bonchev–Trinajstić information content (AvgIpc) is 1.85. The lowest BCUT2D eigenvalue weighted by molar-refractivity contribution is -0.00607. The Morgan fingerprint density at radius 3 is 2.09 bits per heavy atom. The Bertz CT molecular complexity index is 107. The molecule has 0 aromatic rings. The molecule has 1 nitrogen and oxygen atoms in total. The zero-order chi connectivity index (χ0) is 9.07. The monoisotopic (exact) mass is 177 g/mol. The van der Waals surface area contributed by atoms with Crippen LogP contribution in [0.25, 0.3) is 0 Å². The lowest BCUT2D eigenvalue weighted by atomic mass is 9.86. The first-order chi connectivity index (χ1) is 4.88. The molecule has 0 bridgehead atoms. The van der Waals surface area contributed by atoms with Crippen LogP contribution in [0.1, 0.15) is 40.5 Å². The van der Waals surface area contributed by atoms with Gasteiger partial charge in [-0.25, -0.2) is 5.11 Å². The van der Waals surface area contributed by atoms with Crippen LogP contribution in [0.2, 0.25) is 0 Å². The molecule has 0 heterocycles. The Morgan fingerprint density at radius 2 is 1.82 bits per heavy atom. The van der Waals surface area contributed by atoms with Gasteiger partial charge in [-0.15, -0.1) is 11.6 Å². The van der Waals surface area contributed by atoms with Crippen LogP contribution in [-0.2, 0) is 5.11 Å². The SMILES string of the molecule is CCC(Cl)CC([O])C(C)(C)C. The zero-order valence-electron chi connectivity index (χ0n) is 7.86. The molecule has 2 atom stereocenters. The molecule has 2 heteroatoms. The van der Waals surface area contributed by atoms with E-state index in [1.54, 1.807) is 0 Å². The van der Waals surface area contributed by atoms with Gasteiger partial charge < -0.3 is 0 Å². The molecular weight excluding hydrogens is 160 g/mol. The van der Waals surface area contributed by atoms with Gasteiger partial charge in [-0.05, 0) is 18.3 Å². The van der Waals surface area contributed by atoms with E-state index in [-0.39, 0.29) is 10.8 Å². The summed E-state index contributed by atoms with van der Waals surface area (Å²) in [5.74, 6) is 0. The summed E-state index contributed by atoms with van der Waals surface area (Å²) in [5.41, 5.74) is -0.150. The fraction of sp³-hybridized carbons (Fsp3) is 1.00. The minimum absolute atomic E-state index is 0.0525. The largest absolute Gasteiger partial charge is 0.232 e. The fourth-order valence-corrected chi connectivity index (χ4v) is 0.914. The maximum Gasteiger partial charge on any atom is 0.0992 e. The van der Waals surface area contributed by atoms with E-state index in [0.29, 0.717) is 6.42 Å². The Labute approximate surface area is 74.8 Å². The number of rotatable bonds is 3.